The van der Waals surface area contributed by atoms with Crippen molar-refractivity contribution in [3.05, 3.63) is 35.1 Å². The molecule has 1 amide bonds. The van der Waals surface area contributed by atoms with Gasteiger partial charge in [-0.1, -0.05) is 26.0 Å². The molecule has 0 aliphatic rings. The molecular formula is C19H25NO4. The number of carbonyl (C=O) groups is 2. The van der Waals surface area contributed by atoms with Crippen molar-refractivity contribution in [1.29, 1.82) is 0 Å². The van der Waals surface area contributed by atoms with Crippen LogP contribution in [-0.4, -0.2) is 24.5 Å². The van der Waals surface area contributed by atoms with Crippen molar-refractivity contribution in [2.24, 2.45) is 5.92 Å². The minimum absolute atomic E-state index is 0.0419. The van der Waals surface area contributed by atoms with E-state index < -0.39 is 5.97 Å². The maximum Gasteiger partial charge on any atom is 0.310 e. The molecule has 2 aromatic rings. The maximum absolute atomic E-state index is 12.0. The average molecular weight is 331 g/mol. The Labute approximate surface area is 142 Å². The molecule has 5 nitrogen and oxygen atoms in total. The highest BCUT2D eigenvalue weighted by atomic mass is 16.5. The summed E-state index contributed by atoms with van der Waals surface area (Å²) in [6.45, 7) is 9.71. The van der Waals surface area contributed by atoms with Crippen LogP contribution in [-0.2, 0) is 20.7 Å². The largest absolute Gasteiger partial charge is 0.464 e. The first-order valence-corrected chi connectivity index (χ1v) is 8.20. The molecule has 0 unspecified atom stereocenters. The summed E-state index contributed by atoms with van der Waals surface area (Å²) in [5.74, 6) is -0.398. The minimum Gasteiger partial charge on any atom is -0.464 e. The number of nitrogens with one attached hydrogen (secondary N) is 1. The minimum atomic E-state index is -0.441. The highest BCUT2D eigenvalue weighted by molar-refractivity contribution is 5.89. The Hall–Kier alpha value is -2.30. The van der Waals surface area contributed by atoms with Gasteiger partial charge in [-0.05, 0) is 37.8 Å². The van der Waals surface area contributed by atoms with Crippen molar-refractivity contribution in [3.63, 3.8) is 0 Å². The van der Waals surface area contributed by atoms with Crippen LogP contribution in [0.3, 0.4) is 0 Å². The molecule has 0 radical (unpaired) electrons. The van der Waals surface area contributed by atoms with E-state index in [1.165, 1.54) is 0 Å². The lowest BCUT2D eigenvalue weighted by atomic mass is 10.0. The molecule has 5 heteroatoms. The van der Waals surface area contributed by atoms with E-state index in [2.05, 4.69) is 5.32 Å². The third-order valence-electron chi connectivity index (χ3n) is 4.43. The molecule has 1 aromatic carbocycles. The lowest BCUT2D eigenvalue weighted by Crippen LogP contribution is -2.38. The van der Waals surface area contributed by atoms with E-state index in [1.54, 1.807) is 6.26 Å². The summed E-state index contributed by atoms with van der Waals surface area (Å²) in [5.41, 5.74) is 3.77. The van der Waals surface area contributed by atoms with Crippen molar-refractivity contribution in [2.75, 3.05) is 6.61 Å². The molecule has 1 heterocycles. The van der Waals surface area contributed by atoms with Crippen LogP contribution in [0, 0.1) is 19.8 Å². The summed E-state index contributed by atoms with van der Waals surface area (Å²) in [5, 5.41) is 3.71. The van der Waals surface area contributed by atoms with Crippen LogP contribution in [0.25, 0.3) is 11.0 Å². The molecule has 1 atom stereocenters. The first-order valence-electron chi connectivity index (χ1n) is 8.20. The van der Waals surface area contributed by atoms with Gasteiger partial charge in [-0.2, -0.15) is 0 Å². The Morgan fingerprint density at radius 2 is 1.92 bits per heavy atom. The summed E-state index contributed by atoms with van der Waals surface area (Å²) in [6, 6.07) is 3.99. The zero-order valence-electron chi connectivity index (χ0n) is 14.9. The monoisotopic (exact) mass is 331 g/mol. The molecule has 2 rings (SSSR count). The number of fused-ring (bicyclic) bond motifs is 1. The average Bonchev–Trinajstić information content (AvgIpc) is 2.92. The number of hydrogen-bond donors (Lipinski definition) is 1. The molecule has 24 heavy (non-hydrogen) atoms. The number of esters is 1. The van der Waals surface area contributed by atoms with E-state index in [0.29, 0.717) is 5.92 Å². The number of furan rings is 1. The molecule has 0 spiro atoms. The fourth-order valence-corrected chi connectivity index (χ4v) is 2.34. The fourth-order valence-electron chi connectivity index (χ4n) is 2.34. The Morgan fingerprint density at radius 1 is 1.21 bits per heavy atom. The van der Waals surface area contributed by atoms with Crippen molar-refractivity contribution in [2.45, 2.75) is 47.1 Å². The molecule has 0 aliphatic heterocycles. The lowest BCUT2D eigenvalue weighted by molar-refractivity contribution is -0.148. The Bertz CT molecular complexity index is 745. The third-order valence-corrected chi connectivity index (χ3v) is 4.43. The molecular weight excluding hydrogens is 306 g/mol. The van der Waals surface area contributed by atoms with E-state index in [-0.39, 0.29) is 25.0 Å². The van der Waals surface area contributed by atoms with Crippen molar-refractivity contribution in [3.8, 4) is 0 Å². The van der Waals surface area contributed by atoms with Gasteiger partial charge < -0.3 is 14.5 Å². The van der Waals surface area contributed by atoms with Gasteiger partial charge in [0.25, 0.3) is 5.91 Å². The normalized spacial score (nSPS) is 12.4. The van der Waals surface area contributed by atoms with Crippen molar-refractivity contribution < 1.29 is 18.7 Å². The van der Waals surface area contributed by atoms with Crippen LogP contribution >= 0.6 is 0 Å². The van der Waals surface area contributed by atoms with E-state index in [0.717, 1.165) is 27.7 Å². The second-order valence-electron chi connectivity index (χ2n) is 6.58. The van der Waals surface area contributed by atoms with Crippen LogP contribution in [0.2, 0.25) is 0 Å². The smallest absolute Gasteiger partial charge is 0.310 e. The van der Waals surface area contributed by atoms with Crippen molar-refractivity contribution in [1.82, 2.24) is 5.32 Å². The fraction of sp³-hybridized carbons (Fsp3) is 0.474. The SMILES string of the molecule is Cc1ccc2c(CC(=O)OCC(=O)N[C@H](C)C(C)C)coc2c1C. The van der Waals surface area contributed by atoms with Gasteiger partial charge in [-0.3, -0.25) is 9.59 Å². The molecule has 0 aliphatic carbocycles. The quantitative estimate of drug-likeness (QED) is 0.825. The van der Waals surface area contributed by atoms with E-state index >= 15 is 0 Å². The number of aryl methyl sites for hydroxylation is 2. The Morgan fingerprint density at radius 3 is 2.58 bits per heavy atom. The highest BCUT2D eigenvalue weighted by Crippen LogP contribution is 2.26. The van der Waals surface area contributed by atoms with E-state index in [1.807, 2.05) is 46.8 Å². The molecule has 0 saturated heterocycles. The van der Waals surface area contributed by atoms with Crippen molar-refractivity contribution >= 4 is 22.8 Å². The van der Waals surface area contributed by atoms with Gasteiger partial charge >= 0.3 is 5.97 Å². The second kappa shape index (κ2) is 7.51. The number of ether oxygens (including phenoxy) is 1. The highest BCUT2D eigenvalue weighted by Gasteiger charge is 2.16. The zero-order chi connectivity index (χ0) is 17.9. The number of carbonyl (C=O) groups excluding carboxylic acids is 2. The van der Waals surface area contributed by atoms with Gasteiger partial charge in [0.05, 0.1) is 12.7 Å². The van der Waals surface area contributed by atoms with Gasteiger partial charge in [-0.15, -0.1) is 0 Å². The van der Waals surface area contributed by atoms with Gasteiger partial charge in [0, 0.05) is 17.0 Å². The molecule has 0 fully saturated rings. The van der Waals surface area contributed by atoms with Crippen LogP contribution in [0.15, 0.2) is 22.8 Å². The van der Waals surface area contributed by atoms with Crippen LogP contribution in [0.1, 0.15) is 37.5 Å². The first-order chi connectivity index (χ1) is 11.3. The molecule has 1 N–H and O–H groups in total. The number of benzene rings is 1. The zero-order valence-corrected chi connectivity index (χ0v) is 14.9. The van der Waals surface area contributed by atoms with Gasteiger partial charge in [0.1, 0.15) is 5.58 Å². The van der Waals surface area contributed by atoms with Gasteiger partial charge in [0.2, 0.25) is 0 Å². The predicted octanol–water partition coefficient (Wildman–Crippen LogP) is 3.30. The first kappa shape index (κ1) is 18.0. The molecule has 0 bridgehead atoms. The maximum atomic E-state index is 12.0. The molecule has 0 saturated carbocycles. The lowest BCUT2D eigenvalue weighted by Gasteiger charge is -2.17. The third kappa shape index (κ3) is 4.16. The number of hydrogen-bond acceptors (Lipinski definition) is 4. The topological polar surface area (TPSA) is 68.5 Å². The van der Waals surface area contributed by atoms with E-state index in [4.69, 9.17) is 9.15 Å². The summed E-state index contributed by atoms with van der Waals surface area (Å²) < 4.78 is 10.6. The van der Waals surface area contributed by atoms with Gasteiger partial charge in [0.15, 0.2) is 6.61 Å². The standard InChI is InChI=1S/C19H25NO4/c1-11(2)14(5)20-17(21)10-23-18(22)8-15-9-24-19-13(4)12(3)6-7-16(15)19/h6-7,9,11,14H,8,10H2,1-5H3,(H,20,21)/t14-/m1/s1. The summed E-state index contributed by atoms with van der Waals surface area (Å²) in [7, 11) is 0. The number of amides is 1. The van der Waals surface area contributed by atoms with Crippen LogP contribution < -0.4 is 5.32 Å². The summed E-state index contributed by atoms with van der Waals surface area (Å²) in [6.07, 6.45) is 1.67. The summed E-state index contributed by atoms with van der Waals surface area (Å²) >= 11 is 0. The van der Waals surface area contributed by atoms with Crippen LogP contribution in [0.4, 0.5) is 0 Å². The van der Waals surface area contributed by atoms with Crippen LogP contribution in [0.5, 0.6) is 0 Å². The second-order valence-corrected chi connectivity index (χ2v) is 6.58. The molecule has 130 valence electrons. The Kier molecular flexibility index (Phi) is 5.65. The van der Waals surface area contributed by atoms with E-state index in [9.17, 15) is 9.59 Å². The van der Waals surface area contributed by atoms with Gasteiger partial charge in [-0.25, -0.2) is 0 Å². The summed E-state index contributed by atoms with van der Waals surface area (Å²) in [4.78, 5) is 23.7. The predicted molar refractivity (Wildman–Crippen MR) is 92.8 cm³/mol. The Balaban J connectivity index is 1.94. The number of rotatable bonds is 6. The molecule has 1 aromatic heterocycles.